The van der Waals surface area contributed by atoms with Gasteiger partial charge in [0.15, 0.2) is 0 Å². The lowest BCUT2D eigenvalue weighted by Gasteiger charge is -2.25. The van der Waals surface area contributed by atoms with Crippen LogP contribution in [0.3, 0.4) is 0 Å². The highest BCUT2D eigenvalue weighted by Gasteiger charge is 2.36. The molecule has 102 valence electrons. The number of carbonyl (C=O) groups excluding carboxylic acids is 1. The van der Waals surface area contributed by atoms with Gasteiger partial charge in [-0.05, 0) is 30.5 Å². The first-order valence-electron chi connectivity index (χ1n) is 6.88. The van der Waals surface area contributed by atoms with E-state index in [9.17, 15) is 4.79 Å². The lowest BCUT2D eigenvalue weighted by molar-refractivity contribution is -0.129. The number of hydrogen-bond donors (Lipinski definition) is 0. The molecule has 0 aromatic carbocycles. The zero-order valence-electron chi connectivity index (χ0n) is 11.2. The Morgan fingerprint density at radius 3 is 2.79 bits per heavy atom. The van der Waals surface area contributed by atoms with Gasteiger partial charge in [0, 0.05) is 25.1 Å². The normalized spacial score (nSPS) is 26.9. The van der Waals surface area contributed by atoms with Crippen molar-refractivity contribution in [3.63, 3.8) is 0 Å². The van der Waals surface area contributed by atoms with Gasteiger partial charge in [-0.1, -0.05) is 6.92 Å². The molecule has 1 saturated carbocycles. The Labute approximate surface area is 113 Å². The smallest absolute Gasteiger partial charge is 0.246 e. The first kappa shape index (κ1) is 12.5. The molecule has 0 radical (unpaired) electrons. The highest BCUT2D eigenvalue weighted by Crippen LogP contribution is 2.47. The van der Waals surface area contributed by atoms with Crippen LogP contribution >= 0.6 is 0 Å². The Kier molecular flexibility index (Phi) is 3.42. The average Bonchev–Trinajstić information content (AvgIpc) is 3.00. The topological polar surface area (TPSA) is 42.7 Å². The van der Waals surface area contributed by atoms with E-state index in [4.69, 9.17) is 9.15 Å². The van der Waals surface area contributed by atoms with Gasteiger partial charge in [0.2, 0.25) is 5.91 Å². The van der Waals surface area contributed by atoms with Crippen LogP contribution in [0.25, 0.3) is 6.08 Å². The lowest BCUT2D eigenvalue weighted by atomic mass is 10.3. The number of amides is 1. The summed E-state index contributed by atoms with van der Waals surface area (Å²) in [5.41, 5.74) is 0. The number of morpholine rings is 1. The maximum absolute atomic E-state index is 11.9. The van der Waals surface area contributed by atoms with Crippen LogP contribution in [0.4, 0.5) is 0 Å². The Balaban J connectivity index is 1.59. The van der Waals surface area contributed by atoms with E-state index in [1.54, 1.807) is 17.1 Å². The third kappa shape index (κ3) is 2.89. The van der Waals surface area contributed by atoms with E-state index < -0.39 is 0 Å². The number of carbonyl (C=O) groups is 1. The molecule has 2 heterocycles. The van der Waals surface area contributed by atoms with Gasteiger partial charge in [0.25, 0.3) is 0 Å². The Bertz CT molecular complexity index is 485. The van der Waals surface area contributed by atoms with Crippen molar-refractivity contribution in [2.75, 3.05) is 26.3 Å². The second-order valence-corrected chi connectivity index (χ2v) is 5.33. The molecule has 1 aliphatic heterocycles. The van der Waals surface area contributed by atoms with Gasteiger partial charge in [0.1, 0.15) is 11.5 Å². The molecule has 3 rings (SSSR count). The maximum atomic E-state index is 11.9. The second-order valence-electron chi connectivity index (χ2n) is 5.33. The molecule has 4 nitrogen and oxygen atoms in total. The molecule has 0 N–H and O–H groups in total. The first-order chi connectivity index (χ1) is 9.24. The van der Waals surface area contributed by atoms with E-state index in [1.807, 2.05) is 12.1 Å². The summed E-state index contributed by atoms with van der Waals surface area (Å²) in [7, 11) is 0. The number of hydrogen-bond acceptors (Lipinski definition) is 3. The van der Waals surface area contributed by atoms with E-state index >= 15 is 0 Å². The second kappa shape index (κ2) is 5.21. The van der Waals surface area contributed by atoms with Crippen LogP contribution in [0.2, 0.25) is 0 Å². The number of nitrogens with zero attached hydrogens (tertiary/aromatic N) is 1. The van der Waals surface area contributed by atoms with Crippen LogP contribution in [0.15, 0.2) is 22.6 Å². The van der Waals surface area contributed by atoms with Crippen LogP contribution in [-0.4, -0.2) is 37.1 Å². The van der Waals surface area contributed by atoms with Gasteiger partial charge in [-0.15, -0.1) is 0 Å². The predicted octanol–water partition coefficient (Wildman–Crippen LogP) is 2.28. The Morgan fingerprint density at radius 1 is 1.37 bits per heavy atom. The predicted molar refractivity (Wildman–Crippen MR) is 71.7 cm³/mol. The van der Waals surface area contributed by atoms with Crippen LogP contribution in [0, 0.1) is 5.92 Å². The van der Waals surface area contributed by atoms with E-state index in [2.05, 4.69) is 6.92 Å². The molecule has 1 saturated heterocycles. The highest BCUT2D eigenvalue weighted by atomic mass is 16.5. The standard InChI is InChI=1S/C15H19NO3/c1-11-10-13(11)14-4-2-12(19-14)3-5-15(17)16-6-8-18-9-7-16/h2-5,11,13H,6-10H2,1H3/b5-3+. The summed E-state index contributed by atoms with van der Waals surface area (Å²) in [6.07, 6.45) is 4.56. The third-order valence-electron chi connectivity index (χ3n) is 3.84. The summed E-state index contributed by atoms with van der Waals surface area (Å²) in [5, 5.41) is 0. The minimum atomic E-state index is 0.0287. The Hall–Kier alpha value is -1.55. The van der Waals surface area contributed by atoms with Crippen molar-refractivity contribution in [1.29, 1.82) is 0 Å². The van der Waals surface area contributed by atoms with Crippen molar-refractivity contribution in [3.8, 4) is 0 Å². The molecular weight excluding hydrogens is 242 g/mol. The molecule has 1 amide bonds. The number of rotatable bonds is 3. The van der Waals surface area contributed by atoms with Crippen LogP contribution < -0.4 is 0 Å². The maximum Gasteiger partial charge on any atom is 0.246 e. The molecule has 0 bridgehead atoms. The van der Waals surface area contributed by atoms with E-state index in [1.165, 1.54) is 6.42 Å². The quantitative estimate of drug-likeness (QED) is 0.784. The highest BCUT2D eigenvalue weighted by molar-refractivity contribution is 5.91. The van der Waals surface area contributed by atoms with E-state index in [0.717, 1.165) is 17.4 Å². The molecule has 2 fully saturated rings. The summed E-state index contributed by atoms with van der Waals surface area (Å²) in [4.78, 5) is 13.7. The van der Waals surface area contributed by atoms with Crippen molar-refractivity contribution in [2.24, 2.45) is 5.92 Å². The van der Waals surface area contributed by atoms with Crippen molar-refractivity contribution >= 4 is 12.0 Å². The Morgan fingerprint density at radius 2 is 2.11 bits per heavy atom. The molecule has 1 aromatic heterocycles. The van der Waals surface area contributed by atoms with Crippen molar-refractivity contribution < 1.29 is 13.9 Å². The van der Waals surface area contributed by atoms with Crippen LogP contribution in [-0.2, 0) is 9.53 Å². The largest absolute Gasteiger partial charge is 0.461 e. The van der Waals surface area contributed by atoms with Crippen molar-refractivity contribution in [2.45, 2.75) is 19.3 Å². The molecule has 0 spiro atoms. The zero-order valence-corrected chi connectivity index (χ0v) is 11.2. The SMILES string of the molecule is CC1CC1c1ccc(/C=C/C(=O)N2CCOCC2)o1. The summed E-state index contributed by atoms with van der Waals surface area (Å²) in [6, 6.07) is 3.95. The van der Waals surface area contributed by atoms with Gasteiger partial charge in [-0.25, -0.2) is 0 Å². The summed E-state index contributed by atoms with van der Waals surface area (Å²) < 4.78 is 11.0. The zero-order chi connectivity index (χ0) is 13.2. The van der Waals surface area contributed by atoms with Gasteiger partial charge in [-0.2, -0.15) is 0 Å². The average molecular weight is 261 g/mol. The molecule has 1 aliphatic carbocycles. The fraction of sp³-hybridized carbons (Fsp3) is 0.533. The first-order valence-corrected chi connectivity index (χ1v) is 6.88. The molecule has 4 heteroatoms. The molecule has 2 unspecified atom stereocenters. The number of furan rings is 1. The summed E-state index contributed by atoms with van der Waals surface area (Å²) >= 11 is 0. The molecule has 2 atom stereocenters. The fourth-order valence-electron chi connectivity index (χ4n) is 2.42. The van der Waals surface area contributed by atoms with Crippen molar-refractivity contribution in [1.82, 2.24) is 4.90 Å². The fourth-order valence-corrected chi connectivity index (χ4v) is 2.42. The monoisotopic (exact) mass is 261 g/mol. The van der Waals surface area contributed by atoms with Gasteiger partial charge >= 0.3 is 0 Å². The molecular formula is C15H19NO3. The van der Waals surface area contributed by atoms with Gasteiger partial charge < -0.3 is 14.1 Å². The van der Waals surface area contributed by atoms with Crippen LogP contribution in [0.5, 0.6) is 0 Å². The molecule has 1 aromatic rings. The molecule has 19 heavy (non-hydrogen) atoms. The van der Waals surface area contributed by atoms with E-state index in [-0.39, 0.29) is 5.91 Å². The summed E-state index contributed by atoms with van der Waals surface area (Å²) in [6.45, 7) is 4.83. The summed E-state index contributed by atoms with van der Waals surface area (Å²) in [5.74, 6) is 3.15. The molecule has 2 aliphatic rings. The third-order valence-corrected chi connectivity index (χ3v) is 3.84. The van der Waals surface area contributed by atoms with Gasteiger partial charge in [0.05, 0.1) is 13.2 Å². The van der Waals surface area contributed by atoms with Crippen molar-refractivity contribution in [3.05, 3.63) is 29.7 Å². The van der Waals surface area contributed by atoms with Crippen LogP contribution in [0.1, 0.15) is 30.8 Å². The van der Waals surface area contributed by atoms with E-state index in [0.29, 0.717) is 32.2 Å². The number of ether oxygens (including phenoxy) is 1. The minimum absolute atomic E-state index is 0.0287. The lowest BCUT2D eigenvalue weighted by Crippen LogP contribution is -2.39. The van der Waals surface area contributed by atoms with Gasteiger partial charge in [-0.3, -0.25) is 4.79 Å². The minimum Gasteiger partial charge on any atom is -0.461 e.